The van der Waals surface area contributed by atoms with Crippen molar-refractivity contribution in [2.45, 2.75) is 39.7 Å². The lowest BCUT2D eigenvalue weighted by atomic mass is 10.1. The Morgan fingerprint density at radius 1 is 1.45 bits per heavy atom. The summed E-state index contributed by atoms with van der Waals surface area (Å²) in [6.45, 7) is 8.36. The fourth-order valence-corrected chi connectivity index (χ4v) is 0.671. The average Bonchev–Trinajstić information content (AvgIpc) is 1.87. The molecule has 0 amide bonds. The van der Waals surface area contributed by atoms with Gasteiger partial charge in [-0.05, 0) is 27.2 Å². The van der Waals surface area contributed by atoms with Gasteiger partial charge < -0.3 is 4.90 Å². The summed E-state index contributed by atoms with van der Waals surface area (Å²) in [6, 6.07) is 2.62. The summed E-state index contributed by atoms with van der Waals surface area (Å²) in [5, 5.41) is 0. The molecule has 0 aliphatic carbocycles. The maximum absolute atomic E-state index is 5.32. The van der Waals surface area contributed by atoms with Crippen LogP contribution in [-0.4, -0.2) is 10.4 Å². The van der Waals surface area contributed by atoms with E-state index in [2.05, 4.69) is 39.8 Å². The highest BCUT2D eigenvalue weighted by molar-refractivity contribution is 5.01. The number of rotatable bonds is 2. The lowest BCUT2D eigenvalue weighted by Crippen LogP contribution is -2.33. The molecule has 0 aromatic rings. The van der Waals surface area contributed by atoms with Crippen LogP contribution in [0.1, 0.15) is 34.1 Å². The first-order chi connectivity index (χ1) is 5.02. The Bertz CT molecular complexity index is 166. The Morgan fingerprint density at radius 3 is 2.27 bits per heavy atom. The molecule has 0 N–H and O–H groups in total. The molecule has 0 aromatic carbocycles. The van der Waals surface area contributed by atoms with E-state index < -0.39 is 0 Å². The standard InChI is InChI=1S/C10H17N/c1-6-8-9-11(7-2)10(3,4)5/h2,8-9H,6H2,1,3-5H3/b9-8-. The van der Waals surface area contributed by atoms with Crippen molar-refractivity contribution in [2.75, 3.05) is 0 Å². The smallest absolute Gasteiger partial charge is 0.0443 e. The van der Waals surface area contributed by atoms with Crippen molar-refractivity contribution in [1.29, 1.82) is 0 Å². The first-order valence-corrected chi connectivity index (χ1v) is 3.94. The molecule has 0 saturated carbocycles. The molecular formula is C10H17N. The van der Waals surface area contributed by atoms with Crippen molar-refractivity contribution in [3.63, 3.8) is 0 Å². The van der Waals surface area contributed by atoms with Crippen LogP contribution in [0, 0.1) is 12.5 Å². The molecule has 0 spiro atoms. The van der Waals surface area contributed by atoms with E-state index in [1.807, 2.05) is 11.1 Å². The molecule has 62 valence electrons. The zero-order chi connectivity index (χ0) is 8.91. The SMILES string of the molecule is C#CN(/C=C\CC)C(C)(C)C. The van der Waals surface area contributed by atoms with Gasteiger partial charge in [-0.3, -0.25) is 0 Å². The van der Waals surface area contributed by atoms with Gasteiger partial charge in [-0.25, -0.2) is 0 Å². The van der Waals surface area contributed by atoms with Gasteiger partial charge in [0.1, 0.15) is 0 Å². The summed E-state index contributed by atoms with van der Waals surface area (Å²) in [6.07, 6.45) is 10.4. The molecule has 0 saturated heterocycles. The molecule has 0 aliphatic heterocycles. The summed E-state index contributed by atoms with van der Waals surface area (Å²) in [5.41, 5.74) is 0.0282. The van der Waals surface area contributed by atoms with Gasteiger partial charge in [0.05, 0.1) is 0 Å². The van der Waals surface area contributed by atoms with Gasteiger partial charge in [-0.15, -0.1) is 0 Å². The molecule has 1 nitrogen and oxygen atoms in total. The summed E-state index contributed by atoms with van der Waals surface area (Å²) in [7, 11) is 0. The fourth-order valence-electron chi connectivity index (χ4n) is 0.671. The molecule has 11 heavy (non-hydrogen) atoms. The van der Waals surface area contributed by atoms with Crippen molar-refractivity contribution >= 4 is 0 Å². The average molecular weight is 151 g/mol. The van der Waals surface area contributed by atoms with E-state index in [1.165, 1.54) is 0 Å². The highest BCUT2D eigenvalue weighted by Crippen LogP contribution is 2.11. The maximum atomic E-state index is 5.32. The largest absolute Gasteiger partial charge is 0.304 e. The number of nitrogens with zero attached hydrogens (tertiary/aromatic N) is 1. The Kier molecular flexibility index (Phi) is 3.74. The van der Waals surface area contributed by atoms with Crippen molar-refractivity contribution in [3.05, 3.63) is 12.3 Å². The van der Waals surface area contributed by atoms with Crippen LogP contribution in [0.4, 0.5) is 0 Å². The van der Waals surface area contributed by atoms with E-state index >= 15 is 0 Å². The third-order valence-corrected chi connectivity index (χ3v) is 1.35. The van der Waals surface area contributed by atoms with Gasteiger partial charge in [-0.1, -0.05) is 19.4 Å². The molecule has 0 heterocycles. The predicted octanol–water partition coefficient (Wildman–Crippen LogP) is 2.60. The Labute approximate surface area is 70.1 Å². The minimum absolute atomic E-state index is 0.0282. The van der Waals surface area contributed by atoms with Crippen molar-refractivity contribution in [2.24, 2.45) is 0 Å². The van der Waals surface area contributed by atoms with E-state index in [1.54, 1.807) is 0 Å². The third kappa shape index (κ3) is 3.72. The monoisotopic (exact) mass is 151 g/mol. The second-order valence-electron chi connectivity index (χ2n) is 3.46. The highest BCUT2D eigenvalue weighted by atomic mass is 15.1. The van der Waals surface area contributed by atoms with Crippen LogP contribution in [0.2, 0.25) is 0 Å². The van der Waals surface area contributed by atoms with Crippen LogP contribution in [0.3, 0.4) is 0 Å². The third-order valence-electron chi connectivity index (χ3n) is 1.35. The molecule has 0 fully saturated rings. The van der Waals surface area contributed by atoms with Crippen molar-refractivity contribution in [3.8, 4) is 12.5 Å². The van der Waals surface area contributed by atoms with Crippen molar-refractivity contribution in [1.82, 2.24) is 4.90 Å². The fraction of sp³-hybridized carbons (Fsp3) is 0.600. The van der Waals surface area contributed by atoms with E-state index in [0.29, 0.717) is 0 Å². The van der Waals surface area contributed by atoms with Gasteiger partial charge >= 0.3 is 0 Å². The topological polar surface area (TPSA) is 3.24 Å². The minimum Gasteiger partial charge on any atom is -0.304 e. The minimum atomic E-state index is 0.0282. The van der Waals surface area contributed by atoms with Crippen LogP contribution in [-0.2, 0) is 0 Å². The second kappa shape index (κ2) is 4.08. The summed E-state index contributed by atoms with van der Waals surface area (Å²) in [4.78, 5) is 1.87. The lowest BCUT2D eigenvalue weighted by molar-refractivity contribution is 0.296. The lowest BCUT2D eigenvalue weighted by Gasteiger charge is -2.28. The molecule has 0 unspecified atom stereocenters. The highest BCUT2D eigenvalue weighted by Gasteiger charge is 2.14. The van der Waals surface area contributed by atoms with Crippen LogP contribution in [0.15, 0.2) is 12.3 Å². The van der Waals surface area contributed by atoms with Gasteiger partial charge in [0, 0.05) is 17.8 Å². The Morgan fingerprint density at radius 2 is 2.00 bits per heavy atom. The van der Waals surface area contributed by atoms with Gasteiger partial charge in [0.25, 0.3) is 0 Å². The van der Waals surface area contributed by atoms with Crippen molar-refractivity contribution < 1.29 is 0 Å². The molecule has 0 rings (SSSR count). The zero-order valence-electron chi connectivity index (χ0n) is 7.89. The van der Waals surface area contributed by atoms with Crippen LogP contribution in [0.5, 0.6) is 0 Å². The second-order valence-corrected chi connectivity index (χ2v) is 3.46. The molecule has 0 bridgehead atoms. The summed E-state index contributed by atoms with van der Waals surface area (Å²) < 4.78 is 0. The van der Waals surface area contributed by atoms with Gasteiger partial charge in [0.15, 0.2) is 0 Å². The van der Waals surface area contributed by atoms with Crippen LogP contribution >= 0.6 is 0 Å². The summed E-state index contributed by atoms with van der Waals surface area (Å²) >= 11 is 0. The van der Waals surface area contributed by atoms with E-state index in [-0.39, 0.29) is 5.54 Å². The Balaban J connectivity index is 4.22. The number of hydrogen-bond donors (Lipinski definition) is 0. The number of allylic oxidation sites excluding steroid dienone is 1. The van der Waals surface area contributed by atoms with Gasteiger partial charge in [0.2, 0.25) is 0 Å². The van der Waals surface area contributed by atoms with E-state index in [9.17, 15) is 0 Å². The summed E-state index contributed by atoms with van der Waals surface area (Å²) in [5.74, 6) is 0. The quantitative estimate of drug-likeness (QED) is 0.433. The molecular weight excluding hydrogens is 134 g/mol. The first-order valence-electron chi connectivity index (χ1n) is 3.94. The zero-order valence-corrected chi connectivity index (χ0v) is 7.89. The normalized spacial score (nSPS) is 11.5. The predicted molar refractivity (Wildman–Crippen MR) is 49.9 cm³/mol. The van der Waals surface area contributed by atoms with Gasteiger partial charge in [-0.2, -0.15) is 0 Å². The molecule has 0 radical (unpaired) electrons. The van der Waals surface area contributed by atoms with E-state index in [0.717, 1.165) is 6.42 Å². The van der Waals surface area contributed by atoms with Crippen LogP contribution in [0.25, 0.3) is 0 Å². The first kappa shape index (κ1) is 10.1. The number of terminal acetylenes is 1. The number of hydrogen-bond acceptors (Lipinski definition) is 1. The Hall–Kier alpha value is -0.900. The van der Waals surface area contributed by atoms with E-state index in [4.69, 9.17) is 6.42 Å². The molecule has 0 atom stereocenters. The molecule has 1 heteroatoms. The van der Waals surface area contributed by atoms with Crippen LogP contribution < -0.4 is 0 Å². The molecule has 0 aromatic heterocycles. The maximum Gasteiger partial charge on any atom is 0.0443 e. The molecule has 0 aliphatic rings.